The molecule has 0 atom stereocenters. The third kappa shape index (κ3) is 4.51. The van der Waals surface area contributed by atoms with Crippen molar-refractivity contribution in [3.8, 4) is 5.75 Å². The molecule has 1 rings (SSSR count). The Balaban J connectivity index is 2.41. The van der Waals surface area contributed by atoms with Gasteiger partial charge in [-0.15, -0.1) is 0 Å². The average Bonchev–Trinajstić information content (AvgIpc) is 2.36. The number of amides is 2. The van der Waals surface area contributed by atoms with Crippen molar-refractivity contribution in [2.75, 3.05) is 7.11 Å². The van der Waals surface area contributed by atoms with Crippen LogP contribution < -0.4 is 10.1 Å². The minimum atomic E-state index is -0.468. The Hall–Kier alpha value is -2.10. The summed E-state index contributed by atoms with van der Waals surface area (Å²) in [6.45, 7) is 3.27. The number of imide groups is 1. The second-order valence-electron chi connectivity index (χ2n) is 3.46. The van der Waals surface area contributed by atoms with Gasteiger partial charge in [-0.05, 0) is 30.2 Å². The molecule has 4 heteroatoms. The standard InChI is InChI=1S/C13H15NO3/c1-3-12(15)14-13(16)9-6-10-4-7-11(17-2)8-5-10/h3-5,7-8H,1,6,9H2,2H3,(H,14,15,16). The molecule has 0 heterocycles. The molecule has 0 spiro atoms. The summed E-state index contributed by atoms with van der Waals surface area (Å²) in [7, 11) is 1.60. The van der Waals surface area contributed by atoms with E-state index in [1.807, 2.05) is 24.3 Å². The van der Waals surface area contributed by atoms with E-state index >= 15 is 0 Å². The van der Waals surface area contributed by atoms with Gasteiger partial charge in [0.15, 0.2) is 0 Å². The van der Waals surface area contributed by atoms with Gasteiger partial charge in [0.2, 0.25) is 11.8 Å². The van der Waals surface area contributed by atoms with E-state index in [-0.39, 0.29) is 12.3 Å². The second-order valence-corrected chi connectivity index (χ2v) is 3.46. The molecule has 0 saturated heterocycles. The molecule has 2 amide bonds. The maximum atomic E-state index is 11.3. The van der Waals surface area contributed by atoms with Crippen molar-refractivity contribution < 1.29 is 14.3 Å². The van der Waals surface area contributed by atoms with Crippen LogP contribution in [0.15, 0.2) is 36.9 Å². The maximum absolute atomic E-state index is 11.3. The SMILES string of the molecule is C=CC(=O)NC(=O)CCc1ccc(OC)cc1. The van der Waals surface area contributed by atoms with E-state index in [4.69, 9.17) is 4.74 Å². The van der Waals surface area contributed by atoms with Gasteiger partial charge in [0, 0.05) is 6.42 Å². The van der Waals surface area contributed by atoms with E-state index in [0.717, 1.165) is 17.4 Å². The second kappa shape index (κ2) is 6.48. The molecular formula is C13H15NO3. The van der Waals surface area contributed by atoms with Gasteiger partial charge in [-0.3, -0.25) is 14.9 Å². The molecule has 90 valence electrons. The predicted molar refractivity (Wildman–Crippen MR) is 64.7 cm³/mol. The lowest BCUT2D eigenvalue weighted by Crippen LogP contribution is -2.28. The predicted octanol–water partition coefficient (Wildman–Crippen LogP) is 1.46. The third-order valence-corrected chi connectivity index (χ3v) is 2.25. The molecule has 0 aromatic heterocycles. The topological polar surface area (TPSA) is 55.4 Å². The van der Waals surface area contributed by atoms with Crippen LogP contribution in [-0.2, 0) is 16.0 Å². The number of methoxy groups -OCH3 is 1. The Morgan fingerprint density at radius 3 is 2.53 bits per heavy atom. The number of hydrogen-bond acceptors (Lipinski definition) is 3. The number of rotatable bonds is 5. The van der Waals surface area contributed by atoms with E-state index in [9.17, 15) is 9.59 Å². The highest BCUT2D eigenvalue weighted by Gasteiger charge is 2.04. The molecular weight excluding hydrogens is 218 g/mol. The van der Waals surface area contributed by atoms with Crippen LogP contribution in [0.3, 0.4) is 0 Å². The van der Waals surface area contributed by atoms with E-state index in [1.165, 1.54) is 0 Å². The number of benzene rings is 1. The van der Waals surface area contributed by atoms with Crippen molar-refractivity contribution in [1.82, 2.24) is 5.32 Å². The van der Waals surface area contributed by atoms with Gasteiger partial charge in [-0.1, -0.05) is 18.7 Å². The van der Waals surface area contributed by atoms with Gasteiger partial charge in [-0.2, -0.15) is 0 Å². The lowest BCUT2D eigenvalue weighted by molar-refractivity contribution is -0.127. The number of aryl methyl sites for hydroxylation is 1. The first-order valence-corrected chi connectivity index (χ1v) is 5.25. The Morgan fingerprint density at radius 2 is 2.00 bits per heavy atom. The highest BCUT2D eigenvalue weighted by Crippen LogP contribution is 2.12. The molecule has 0 fully saturated rings. The number of carbonyl (C=O) groups is 2. The van der Waals surface area contributed by atoms with Gasteiger partial charge in [0.25, 0.3) is 0 Å². The molecule has 0 aliphatic rings. The first-order valence-electron chi connectivity index (χ1n) is 5.25. The van der Waals surface area contributed by atoms with Crippen LogP contribution in [0.1, 0.15) is 12.0 Å². The third-order valence-electron chi connectivity index (χ3n) is 2.25. The van der Waals surface area contributed by atoms with Gasteiger partial charge in [-0.25, -0.2) is 0 Å². The van der Waals surface area contributed by atoms with E-state index in [2.05, 4.69) is 11.9 Å². The van der Waals surface area contributed by atoms with Crippen molar-refractivity contribution in [3.63, 3.8) is 0 Å². The van der Waals surface area contributed by atoms with Crippen LogP contribution in [0.25, 0.3) is 0 Å². The lowest BCUT2D eigenvalue weighted by Gasteiger charge is -2.03. The molecule has 0 radical (unpaired) electrons. The summed E-state index contributed by atoms with van der Waals surface area (Å²) in [5.74, 6) is 0.00971. The van der Waals surface area contributed by atoms with E-state index in [1.54, 1.807) is 7.11 Å². The van der Waals surface area contributed by atoms with E-state index < -0.39 is 5.91 Å². The molecule has 0 unspecified atom stereocenters. The summed E-state index contributed by atoms with van der Waals surface area (Å²) < 4.78 is 5.03. The van der Waals surface area contributed by atoms with Crippen molar-refractivity contribution in [2.45, 2.75) is 12.8 Å². The monoisotopic (exact) mass is 233 g/mol. The van der Waals surface area contributed by atoms with Crippen molar-refractivity contribution in [2.24, 2.45) is 0 Å². The molecule has 0 bridgehead atoms. The first kappa shape index (κ1) is 13.0. The number of hydrogen-bond donors (Lipinski definition) is 1. The highest BCUT2D eigenvalue weighted by atomic mass is 16.5. The Bertz CT molecular complexity index is 409. The zero-order valence-corrected chi connectivity index (χ0v) is 9.73. The molecule has 1 aromatic carbocycles. The van der Waals surface area contributed by atoms with E-state index in [0.29, 0.717) is 6.42 Å². The van der Waals surface area contributed by atoms with Crippen LogP contribution in [0.5, 0.6) is 5.75 Å². The number of carbonyl (C=O) groups excluding carboxylic acids is 2. The minimum Gasteiger partial charge on any atom is -0.497 e. The normalized spacial score (nSPS) is 9.47. The van der Waals surface area contributed by atoms with Crippen molar-refractivity contribution in [1.29, 1.82) is 0 Å². The molecule has 4 nitrogen and oxygen atoms in total. The first-order chi connectivity index (χ1) is 8.15. The Kier molecular flexibility index (Phi) is 4.94. The molecule has 1 N–H and O–H groups in total. The van der Waals surface area contributed by atoms with Gasteiger partial charge >= 0.3 is 0 Å². The summed E-state index contributed by atoms with van der Waals surface area (Å²) >= 11 is 0. The molecule has 1 aromatic rings. The largest absolute Gasteiger partial charge is 0.497 e. The smallest absolute Gasteiger partial charge is 0.249 e. The Labute approximate surface area is 100 Å². The van der Waals surface area contributed by atoms with Crippen LogP contribution in [0.4, 0.5) is 0 Å². The lowest BCUT2D eigenvalue weighted by atomic mass is 10.1. The average molecular weight is 233 g/mol. The molecule has 0 saturated carbocycles. The van der Waals surface area contributed by atoms with Gasteiger partial charge < -0.3 is 4.74 Å². The summed E-state index contributed by atoms with van der Waals surface area (Å²) in [5, 5.41) is 2.20. The number of ether oxygens (including phenoxy) is 1. The minimum absolute atomic E-state index is 0.270. The summed E-state index contributed by atoms with van der Waals surface area (Å²) in [5.41, 5.74) is 1.02. The van der Waals surface area contributed by atoms with Crippen molar-refractivity contribution in [3.05, 3.63) is 42.5 Å². The maximum Gasteiger partial charge on any atom is 0.249 e. The fourth-order valence-electron chi connectivity index (χ4n) is 1.30. The Morgan fingerprint density at radius 1 is 1.35 bits per heavy atom. The fraction of sp³-hybridized carbons (Fsp3) is 0.231. The van der Waals surface area contributed by atoms with Crippen LogP contribution in [0, 0.1) is 0 Å². The summed E-state index contributed by atoms with van der Waals surface area (Å²) in [6.07, 6.45) is 1.93. The zero-order valence-electron chi connectivity index (χ0n) is 9.73. The molecule has 17 heavy (non-hydrogen) atoms. The molecule has 0 aliphatic carbocycles. The fourth-order valence-corrected chi connectivity index (χ4v) is 1.30. The zero-order chi connectivity index (χ0) is 12.7. The van der Waals surface area contributed by atoms with Crippen LogP contribution in [0.2, 0.25) is 0 Å². The van der Waals surface area contributed by atoms with Crippen LogP contribution in [-0.4, -0.2) is 18.9 Å². The summed E-state index contributed by atoms with van der Waals surface area (Å²) in [4.78, 5) is 22.2. The number of nitrogens with one attached hydrogen (secondary N) is 1. The summed E-state index contributed by atoms with van der Waals surface area (Å²) in [6, 6.07) is 7.45. The van der Waals surface area contributed by atoms with Crippen LogP contribution >= 0.6 is 0 Å². The van der Waals surface area contributed by atoms with Gasteiger partial charge in [0.1, 0.15) is 5.75 Å². The van der Waals surface area contributed by atoms with Crippen molar-refractivity contribution >= 4 is 11.8 Å². The van der Waals surface area contributed by atoms with Gasteiger partial charge in [0.05, 0.1) is 7.11 Å². The molecule has 0 aliphatic heterocycles. The highest BCUT2D eigenvalue weighted by molar-refractivity contribution is 6.00. The quantitative estimate of drug-likeness (QED) is 0.783.